The Morgan fingerprint density at radius 2 is 1.60 bits per heavy atom. The zero-order valence-corrected chi connectivity index (χ0v) is 15.8. The maximum absolute atomic E-state index is 13.2. The van der Waals surface area contributed by atoms with Gasteiger partial charge in [0, 0.05) is 16.5 Å². The number of nitrogens with zero attached hydrogens (tertiary/aromatic N) is 3. The predicted molar refractivity (Wildman–Crippen MR) is 112 cm³/mol. The van der Waals surface area contributed by atoms with Crippen LogP contribution in [0.5, 0.6) is 0 Å². The summed E-state index contributed by atoms with van der Waals surface area (Å²) in [6, 6.07) is 21.6. The maximum atomic E-state index is 13.2. The van der Waals surface area contributed by atoms with Gasteiger partial charge in [-0.25, -0.2) is 19.2 Å². The van der Waals surface area contributed by atoms with E-state index in [1.807, 2.05) is 48.5 Å². The van der Waals surface area contributed by atoms with Crippen molar-refractivity contribution >= 4 is 27.6 Å². The summed E-state index contributed by atoms with van der Waals surface area (Å²) in [6.45, 7) is 0.0266. The number of imidazole rings is 1. The molecule has 30 heavy (non-hydrogen) atoms. The van der Waals surface area contributed by atoms with Crippen molar-refractivity contribution in [2.75, 3.05) is 0 Å². The minimum atomic E-state index is -0.532. The van der Waals surface area contributed by atoms with Crippen LogP contribution in [0.4, 0.5) is 4.39 Å². The summed E-state index contributed by atoms with van der Waals surface area (Å²) in [5.74, 6) is -0.881. The molecule has 0 N–H and O–H groups in total. The number of rotatable bonds is 4. The zero-order chi connectivity index (χ0) is 20.5. The molecule has 0 unspecified atom stereocenters. The Balaban J connectivity index is 1.46. The largest absolute Gasteiger partial charge is 0.454 e. The van der Waals surface area contributed by atoms with Crippen LogP contribution >= 0.6 is 0 Å². The molecule has 0 aliphatic heterocycles. The highest BCUT2D eigenvalue weighted by Crippen LogP contribution is 2.26. The number of benzene rings is 3. The Hall–Kier alpha value is -4.06. The van der Waals surface area contributed by atoms with Gasteiger partial charge >= 0.3 is 5.97 Å². The topological polar surface area (TPSA) is 57.0 Å². The molecule has 0 atom stereocenters. The Morgan fingerprint density at radius 1 is 0.900 bits per heavy atom. The van der Waals surface area contributed by atoms with Crippen LogP contribution in [0.3, 0.4) is 0 Å². The second-order valence-electron chi connectivity index (χ2n) is 6.82. The van der Waals surface area contributed by atoms with Crippen molar-refractivity contribution < 1.29 is 13.9 Å². The molecule has 0 radical (unpaired) electrons. The fourth-order valence-corrected chi connectivity index (χ4v) is 3.55. The second kappa shape index (κ2) is 7.40. The van der Waals surface area contributed by atoms with Gasteiger partial charge < -0.3 is 4.74 Å². The average Bonchev–Trinajstić information content (AvgIpc) is 3.28. The first-order chi connectivity index (χ1) is 14.7. The molecule has 0 aliphatic carbocycles. The second-order valence-corrected chi connectivity index (χ2v) is 6.82. The van der Waals surface area contributed by atoms with E-state index in [9.17, 15) is 9.18 Å². The molecule has 5 aromatic rings. The summed E-state index contributed by atoms with van der Waals surface area (Å²) in [4.78, 5) is 21.5. The van der Waals surface area contributed by atoms with E-state index in [0.29, 0.717) is 11.4 Å². The molecule has 2 aromatic heterocycles. The first-order valence-electron chi connectivity index (χ1n) is 9.42. The molecule has 146 valence electrons. The van der Waals surface area contributed by atoms with Gasteiger partial charge in [0.15, 0.2) is 5.69 Å². The number of carbonyl (C=O) groups is 1. The van der Waals surface area contributed by atoms with E-state index in [2.05, 4.69) is 4.98 Å². The van der Waals surface area contributed by atoms with E-state index < -0.39 is 5.97 Å². The Labute approximate surface area is 171 Å². The summed E-state index contributed by atoms with van der Waals surface area (Å²) in [5.41, 5.74) is 2.41. The molecule has 0 amide bonds. The van der Waals surface area contributed by atoms with Crippen molar-refractivity contribution in [1.29, 1.82) is 0 Å². The van der Waals surface area contributed by atoms with Crippen LogP contribution in [0, 0.1) is 5.82 Å². The summed E-state index contributed by atoms with van der Waals surface area (Å²) in [5, 5.41) is 3.05. The summed E-state index contributed by atoms with van der Waals surface area (Å²) in [7, 11) is 0. The summed E-state index contributed by atoms with van der Waals surface area (Å²) >= 11 is 0. The highest BCUT2D eigenvalue weighted by Gasteiger charge is 2.16. The number of hydrogen-bond donors (Lipinski definition) is 0. The summed E-state index contributed by atoms with van der Waals surface area (Å²) in [6.07, 6.45) is 2.92. The predicted octanol–water partition coefficient (Wildman–Crippen LogP) is 5.07. The maximum Gasteiger partial charge on any atom is 0.357 e. The highest BCUT2D eigenvalue weighted by atomic mass is 19.1. The molecule has 2 heterocycles. The molecule has 6 heteroatoms. The molecular weight excluding hydrogens is 381 g/mol. The molecule has 0 spiro atoms. The molecule has 0 bridgehead atoms. The van der Waals surface area contributed by atoms with Crippen LogP contribution < -0.4 is 0 Å². The number of hydrogen-bond acceptors (Lipinski definition) is 4. The van der Waals surface area contributed by atoms with Gasteiger partial charge in [0.2, 0.25) is 0 Å². The molecule has 0 saturated carbocycles. The van der Waals surface area contributed by atoms with Gasteiger partial charge in [0.25, 0.3) is 0 Å². The van der Waals surface area contributed by atoms with E-state index >= 15 is 0 Å². The third-order valence-corrected chi connectivity index (χ3v) is 4.98. The zero-order valence-electron chi connectivity index (χ0n) is 15.8. The Kier molecular flexibility index (Phi) is 4.44. The minimum absolute atomic E-state index is 0.0266. The number of aromatic nitrogens is 3. The molecule has 3 aromatic carbocycles. The van der Waals surface area contributed by atoms with Crippen LogP contribution in [0.1, 0.15) is 16.2 Å². The third kappa shape index (κ3) is 3.18. The standard InChI is InChI=1S/C24H16FN3O2/c25-16-9-11-17(12-10-16)28-15-26-13-23(28)24(29)30-14-22-20-7-2-1-5-18(20)19-6-3-4-8-21(19)27-22/h1-13,15H,14H2. The van der Waals surface area contributed by atoms with E-state index in [-0.39, 0.29) is 18.1 Å². The molecule has 0 saturated heterocycles. The van der Waals surface area contributed by atoms with Crippen molar-refractivity contribution in [1.82, 2.24) is 14.5 Å². The number of para-hydroxylation sites is 1. The molecular formula is C24H16FN3O2. The van der Waals surface area contributed by atoms with Crippen molar-refractivity contribution in [2.45, 2.75) is 6.61 Å². The van der Waals surface area contributed by atoms with Crippen LogP contribution in [0.2, 0.25) is 0 Å². The van der Waals surface area contributed by atoms with Gasteiger partial charge in [-0.3, -0.25) is 4.57 Å². The lowest BCUT2D eigenvalue weighted by Crippen LogP contribution is -2.11. The molecule has 5 nitrogen and oxygen atoms in total. The van der Waals surface area contributed by atoms with Crippen molar-refractivity contribution in [3.05, 3.63) is 103 Å². The quantitative estimate of drug-likeness (QED) is 0.314. The number of esters is 1. The number of halogens is 1. The van der Waals surface area contributed by atoms with Crippen LogP contribution in [-0.2, 0) is 11.3 Å². The lowest BCUT2D eigenvalue weighted by atomic mass is 10.0. The van der Waals surface area contributed by atoms with Crippen molar-refractivity contribution in [3.8, 4) is 5.69 Å². The van der Waals surface area contributed by atoms with Gasteiger partial charge in [-0.2, -0.15) is 0 Å². The Morgan fingerprint density at radius 3 is 2.40 bits per heavy atom. The normalized spacial score (nSPS) is 11.1. The van der Waals surface area contributed by atoms with E-state index in [4.69, 9.17) is 9.72 Å². The number of carbonyl (C=O) groups excluding carboxylic acids is 1. The van der Waals surface area contributed by atoms with E-state index in [1.54, 1.807) is 16.7 Å². The van der Waals surface area contributed by atoms with Crippen LogP contribution in [0.15, 0.2) is 85.3 Å². The molecule has 0 aliphatic rings. The fraction of sp³-hybridized carbons (Fsp3) is 0.0417. The first kappa shape index (κ1) is 18.0. The van der Waals surface area contributed by atoms with Gasteiger partial charge in [-0.05, 0) is 35.7 Å². The van der Waals surface area contributed by atoms with Crippen molar-refractivity contribution in [2.24, 2.45) is 0 Å². The monoisotopic (exact) mass is 397 g/mol. The third-order valence-electron chi connectivity index (χ3n) is 4.98. The smallest absolute Gasteiger partial charge is 0.357 e. The fourth-order valence-electron chi connectivity index (χ4n) is 3.55. The van der Waals surface area contributed by atoms with Gasteiger partial charge in [-0.15, -0.1) is 0 Å². The number of pyridine rings is 1. The van der Waals surface area contributed by atoms with Crippen LogP contribution in [-0.4, -0.2) is 20.5 Å². The van der Waals surface area contributed by atoms with Gasteiger partial charge in [-0.1, -0.05) is 42.5 Å². The first-order valence-corrected chi connectivity index (χ1v) is 9.42. The lowest BCUT2D eigenvalue weighted by molar-refractivity contribution is 0.0460. The minimum Gasteiger partial charge on any atom is -0.454 e. The lowest BCUT2D eigenvalue weighted by Gasteiger charge is -2.11. The van der Waals surface area contributed by atoms with Gasteiger partial charge in [0.1, 0.15) is 12.4 Å². The molecule has 0 fully saturated rings. The van der Waals surface area contributed by atoms with Gasteiger partial charge in [0.05, 0.1) is 23.7 Å². The molecule has 5 rings (SSSR count). The van der Waals surface area contributed by atoms with Crippen molar-refractivity contribution in [3.63, 3.8) is 0 Å². The van der Waals surface area contributed by atoms with E-state index in [0.717, 1.165) is 21.7 Å². The number of ether oxygens (including phenoxy) is 1. The number of fused-ring (bicyclic) bond motifs is 3. The summed E-state index contributed by atoms with van der Waals surface area (Å²) < 4.78 is 20.4. The van der Waals surface area contributed by atoms with E-state index in [1.165, 1.54) is 24.7 Å². The van der Waals surface area contributed by atoms with Crippen LogP contribution in [0.25, 0.3) is 27.4 Å². The Bertz CT molecular complexity index is 1380. The average molecular weight is 397 g/mol. The highest BCUT2D eigenvalue weighted by molar-refractivity contribution is 6.06. The SMILES string of the molecule is O=C(OCc1nc2ccccc2c2ccccc12)c1cncn1-c1ccc(F)cc1.